The summed E-state index contributed by atoms with van der Waals surface area (Å²) >= 11 is 0. The van der Waals surface area contributed by atoms with Gasteiger partial charge in [0, 0.05) is 0 Å². The molecule has 0 amide bonds. The SMILES string of the molecule is COc1ccc(C2=c3cc(OCc4ccccc4)ccc3=C(C)C2(C(=O)O)c2ccc3c(c2)OCO3)cc1. The van der Waals surface area contributed by atoms with Gasteiger partial charge in [0.15, 0.2) is 11.5 Å². The molecule has 4 aromatic carbocycles. The molecular weight excluding hydrogens is 480 g/mol. The molecular formula is C32H26O6. The number of benzene rings is 4. The van der Waals surface area contributed by atoms with Crippen LogP contribution in [0.5, 0.6) is 23.0 Å². The number of fused-ring (bicyclic) bond motifs is 2. The highest BCUT2D eigenvalue weighted by molar-refractivity contribution is 6.10. The minimum atomic E-state index is -1.45. The van der Waals surface area contributed by atoms with Crippen molar-refractivity contribution < 1.29 is 28.8 Å². The van der Waals surface area contributed by atoms with Crippen molar-refractivity contribution in [2.75, 3.05) is 13.9 Å². The molecule has 2 aliphatic rings. The normalized spacial score (nSPS) is 17.3. The van der Waals surface area contributed by atoms with Crippen LogP contribution in [-0.2, 0) is 16.8 Å². The molecule has 0 radical (unpaired) electrons. The van der Waals surface area contributed by atoms with Crippen molar-refractivity contribution in [1.29, 1.82) is 0 Å². The number of carboxylic acids is 1. The summed E-state index contributed by atoms with van der Waals surface area (Å²) in [5.74, 6) is 1.52. The van der Waals surface area contributed by atoms with Crippen molar-refractivity contribution in [3.63, 3.8) is 0 Å². The van der Waals surface area contributed by atoms with Crippen LogP contribution in [0.15, 0.2) is 91.0 Å². The predicted octanol–water partition coefficient (Wildman–Crippen LogP) is 4.41. The van der Waals surface area contributed by atoms with Crippen molar-refractivity contribution in [2.45, 2.75) is 18.9 Å². The first-order valence-corrected chi connectivity index (χ1v) is 12.3. The lowest BCUT2D eigenvalue weighted by Gasteiger charge is -2.31. The standard InChI is InChI=1S/C32H26O6/c1-20-26-14-13-25(36-18-21-6-4-3-5-7-21)17-27(26)30(22-8-11-24(35-2)12-9-22)32(20,31(33)34)23-10-15-28-29(16-23)38-19-37-28/h3-17H,18-19H2,1-2H3,(H,33,34). The first-order valence-electron chi connectivity index (χ1n) is 12.3. The minimum absolute atomic E-state index is 0.110. The van der Waals surface area contributed by atoms with E-state index in [-0.39, 0.29) is 6.79 Å². The number of hydrogen-bond acceptors (Lipinski definition) is 5. The quantitative estimate of drug-likeness (QED) is 0.400. The van der Waals surface area contributed by atoms with Gasteiger partial charge in [0.1, 0.15) is 23.5 Å². The van der Waals surface area contributed by atoms with Gasteiger partial charge in [-0.3, -0.25) is 4.79 Å². The molecule has 1 heterocycles. The summed E-state index contributed by atoms with van der Waals surface area (Å²) in [5, 5.41) is 12.7. The zero-order valence-electron chi connectivity index (χ0n) is 21.1. The molecule has 0 bridgehead atoms. The Balaban J connectivity index is 1.59. The summed E-state index contributed by atoms with van der Waals surface area (Å²) in [6.45, 7) is 2.41. The Morgan fingerprint density at radius 1 is 0.868 bits per heavy atom. The Bertz CT molecular complexity index is 1660. The second kappa shape index (κ2) is 9.30. The lowest BCUT2D eigenvalue weighted by atomic mass is 9.69. The monoisotopic (exact) mass is 506 g/mol. The van der Waals surface area contributed by atoms with Crippen LogP contribution >= 0.6 is 0 Å². The van der Waals surface area contributed by atoms with Gasteiger partial charge in [-0.05, 0) is 81.6 Å². The highest BCUT2D eigenvalue weighted by atomic mass is 16.7. The topological polar surface area (TPSA) is 74.2 Å². The zero-order valence-corrected chi connectivity index (χ0v) is 21.1. The van der Waals surface area contributed by atoms with Gasteiger partial charge in [-0.1, -0.05) is 54.6 Å². The molecule has 4 aromatic rings. The fourth-order valence-corrected chi connectivity index (χ4v) is 5.49. The number of carboxylic acid groups (broad SMARTS) is 1. The van der Waals surface area contributed by atoms with Crippen molar-refractivity contribution >= 4 is 17.1 Å². The molecule has 1 aliphatic heterocycles. The number of hydrogen-bond donors (Lipinski definition) is 1. The predicted molar refractivity (Wildman–Crippen MR) is 143 cm³/mol. The van der Waals surface area contributed by atoms with Crippen LogP contribution in [0, 0.1) is 0 Å². The van der Waals surface area contributed by atoms with Gasteiger partial charge >= 0.3 is 5.97 Å². The van der Waals surface area contributed by atoms with Crippen LogP contribution in [0.1, 0.15) is 23.6 Å². The highest BCUT2D eigenvalue weighted by Gasteiger charge is 2.50. The van der Waals surface area contributed by atoms with Crippen LogP contribution in [-0.4, -0.2) is 25.0 Å². The van der Waals surface area contributed by atoms with Gasteiger partial charge in [0.05, 0.1) is 7.11 Å². The van der Waals surface area contributed by atoms with Gasteiger partial charge in [-0.2, -0.15) is 0 Å². The van der Waals surface area contributed by atoms with Crippen molar-refractivity contribution in [2.24, 2.45) is 0 Å². The Morgan fingerprint density at radius 2 is 1.61 bits per heavy atom. The molecule has 0 aromatic heterocycles. The second-order valence-corrected chi connectivity index (χ2v) is 9.33. The molecule has 1 atom stereocenters. The van der Waals surface area contributed by atoms with E-state index < -0.39 is 11.4 Å². The summed E-state index contributed by atoms with van der Waals surface area (Å²) in [6.07, 6.45) is 0. The maximum absolute atomic E-state index is 13.4. The molecule has 1 unspecified atom stereocenters. The number of rotatable bonds is 7. The fourth-order valence-electron chi connectivity index (χ4n) is 5.49. The lowest BCUT2D eigenvalue weighted by Crippen LogP contribution is -2.37. The van der Waals surface area contributed by atoms with Crippen LogP contribution < -0.4 is 29.4 Å². The maximum atomic E-state index is 13.4. The smallest absolute Gasteiger partial charge is 0.322 e. The fraction of sp³-hybridized carbons (Fsp3) is 0.156. The molecule has 0 fully saturated rings. The van der Waals surface area contributed by atoms with Crippen LogP contribution in [0.4, 0.5) is 0 Å². The summed E-state index contributed by atoms with van der Waals surface area (Å²) in [4.78, 5) is 13.4. The molecule has 0 saturated heterocycles. The average molecular weight is 507 g/mol. The van der Waals surface area contributed by atoms with E-state index >= 15 is 0 Å². The molecule has 190 valence electrons. The number of methoxy groups -OCH3 is 1. The number of carbonyl (C=O) groups is 1. The maximum Gasteiger partial charge on any atom is 0.322 e. The molecule has 6 heteroatoms. The summed E-state index contributed by atoms with van der Waals surface area (Å²) in [5.41, 5.74) is 2.37. The van der Waals surface area contributed by atoms with Crippen molar-refractivity contribution in [3.8, 4) is 23.0 Å². The Morgan fingerprint density at radius 3 is 2.34 bits per heavy atom. The number of aliphatic carboxylic acids is 1. The first-order chi connectivity index (χ1) is 18.5. The van der Waals surface area contributed by atoms with E-state index in [0.29, 0.717) is 40.7 Å². The van der Waals surface area contributed by atoms with E-state index in [0.717, 1.165) is 27.1 Å². The highest BCUT2D eigenvalue weighted by Crippen LogP contribution is 2.48. The Labute approximate surface area is 220 Å². The largest absolute Gasteiger partial charge is 0.497 e. The van der Waals surface area contributed by atoms with E-state index in [9.17, 15) is 9.90 Å². The average Bonchev–Trinajstić information content (AvgIpc) is 3.52. The molecule has 0 spiro atoms. The third kappa shape index (κ3) is 3.68. The second-order valence-electron chi connectivity index (χ2n) is 9.33. The molecule has 1 aliphatic carbocycles. The lowest BCUT2D eigenvalue weighted by molar-refractivity contribution is -0.139. The van der Waals surface area contributed by atoms with E-state index in [1.807, 2.05) is 85.8 Å². The van der Waals surface area contributed by atoms with Gasteiger partial charge in [0.2, 0.25) is 6.79 Å². The summed E-state index contributed by atoms with van der Waals surface area (Å²) < 4.78 is 22.6. The van der Waals surface area contributed by atoms with Crippen molar-refractivity contribution in [1.82, 2.24) is 0 Å². The van der Waals surface area contributed by atoms with E-state index in [1.54, 1.807) is 19.2 Å². The van der Waals surface area contributed by atoms with E-state index in [2.05, 4.69) is 0 Å². The van der Waals surface area contributed by atoms with Gasteiger partial charge in [-0.25, -0.2) is 0 Å². The molecule has 1 N–H and O–H groups in total. The van der Waals surface area contributed by atoms with Gasteiger partial charge < -0.3 is 24.1 Å². The third-order valence-electron chi connectivity index (χ3n) is 7.36. The molecule has 6 rings (SSSR count). The van der Waals surface area contributed by atoms with Gasteiger partial charge in [0.25, 0.3) is 0 Å². The van der Waals surface area contributed by atoms with Crippen molar-refractivity contribution in [3.05, 3.63) is 118 Å². The number of ether oxygens (including phenoxy) is 4. The third-order valence-corrected chi connectivity index (χ3v) is 7.36. The van der Waals surface area contributed by atoms with Crippen LogP contribution in [0.2, 0.25) is 0 Å². The van der Waals surface area contributed by atoms with Gasteiger partial charge in [-0.15, -0.1) is 0 Å². The summed E-state index contributed by atoms with van der Waals surface area (Å²) in [7, 11) is 1.61. The Kier molecular flexibility index (Phi) is 5.80. The minimum Gasteiger partial charge on any atom is -0.497 e. The molecule has 38 heavy (non-hydrogen) atoms. The zero-order chi connectivity index (χ0) is 26.3. The molecule has 0 saturated carbocycles. The van der Waals surface area contributed by atoms with Crippen LogP contribution in [0.3, 0.4) is 0 Å². The van der Waals surface area contributed by atoms with E-state index in [4.69, 9.17) is 18.9 Å². The summed E-state index contributed by atoms with van der Waals surface area (Å²) in [6, 6.07) is 28.6. The Hall–Kier alpha value is -4.71. The first kappa shape index (κ1) is 23.7. The van der Waals surface area contributed by atoms with E-state index in [1.165, 1.54) is 0 Å². The van der Waals surface area contributed by atoms with Crippen LogP contribution in [0.25, 0.3) is 11.1 Å². The molecule has 6 nitrogen and oxygen atoms in total.